The van der Waals surface area contributed by atoms with Crippen LogP contribution < -0.4 is 0 Å². The van der Waals surface area contributed by atoms with Gasteiger partial charge in [0.15, 0.2) is 5.65 Å². The molecular weight excluding hydrogens is 284 g/mol. The van der Waals surface area contributed by atoms with Crippen molar-refractivity contribution >= 4 is 22.8 Å². The second kappa shape index (κ2) is 6.75. The van der Waals surface area contributed by atoms with Crippen molar-refractivity contribution in [3.05, 3.63) is 23.7 Å². The van der Waals surface area contributed by atoms with Crippen molar-refractivity contribution in [1.29, 1.82) is 0 Å². The third kappa shape index (κ3) is 3.38. The van der Waals surface area contributed by atoms with E-state index < -0.39 is 0 Å². The van der Waals surface area contributed by atoms with E-state index in [-0.39, 0.29) is 0 Å². The molecule has 0 aliphatic carbocycles. The van der Waals surface area contributed by atoms with Crippen LogP contribution in [0.3, 0.4) is 0 Å². The lowest BCUT2D eigenvalue weighted by atomic mass is 10.0. The smallest absolute Gasteiger partial charge is 0.160 e. The predicted octanol–water partition coefficient (Wildman–Crippen LogP) is 3.28. The molecule has 2 rings (SSSR count). The summed E-state index contributed by atoms with van der Waals surface area (Å²) in [5.74, 6) is 2.12. The lowest BCUT2D eigenvalue weighted by molar-refractivity contribution is 0.269. The van der Waals surface area contributed by atoms with E-state index in [1.807, 2.05) is 12.3 Å². The van der Waals surface area contributed by atoms with Gasteiger partial charge in [-0.1, -0.05) is 13.8 Å². The summed E-state index contributed by atoms with van der Waals surface area (Å²) in [6.45, 7) is 7.55. The number of pyridine rings is 1. The van der Waals surface area contributed by atoms with Crippen LogP contribution in [0.4, 0.5) is 0 Å². The molecule has 2 aromatic rings. The lowest BCUT2D eigenvalue weighted by Gasteiger charge is -2.27. The number of imidazole rings is 1. The van der Waals surface area contributed by atoms with Crippen molar-refractivity contribution in [3.63, 3.8) is 0 Å². The van der Waals surface area contributed by atoms with Gasteiger partial charge in [0, 0.05) is 25.0 Å². The second-order valence-corrected chi connectivity index (χ2v) is 6.59. The normalized spacial score (nSPS) is 13.5. The number of hydrogen-bond acceptors (Lipinski definition) is 3. The molecule has 0 radical (unpaired) electrons. The Balaban J connectivity index is 2.62. The second-order valence-electron chi connectivity index (χ2n) is 6.21. The monoisotopic (exact) mass is 308 g/mol. The van der Waals surface area contributed by atoms with Crippen LogP contribution in [-0.4, -0.2) is 46.0 Å². The van der Waals surface area contributed by atoms with Gasteiger partial charge in [-0.15, -0.1) is 11.6 Å². The quantitative estimate of drug-likeness (QED) is 0.768. The minimum atomic E-state index is 0.345. The zero-order valence-corrected chi connectivity index (χ0v) is 14.4. The van der Waals surface area contributed by atoms with Crippen LogP contribution in [0.15, 0.2) is 12.3 Å². The van der Waals surface area contributed by atoms with E-state index in [0.717, 1.165) is 30.0 Å². The number of nitrogens with zero attached hydrogens (tertiary/aromatic N) is 4. The van der Waals surface area contributed by atoms with Crippen LogP contribution >= 0.6 is 11.6 Å². The molecule has 1 unspecified atom stereocenters. The van der Waals surface area contributed by atoms with E-state index in [9.17, 15) is 0 Å². The van der Waals surface area contributed by atoms with Gasteiger partial charge < -0.3 is 9.47 Å². The Morgan fingerprint density at radius 1 is 1.33 bits per heavy atom. The van der Waals surface area contributed by atoms with Crippen LogP contribution in [0.25, 0.3) is 11.2 Å². The van der Waals surface area contributed by atoms with Gasteiger partial charge in [0.25, 0.3) is 0 Å². The van der Waals surface area contributed by atoms with Gasteiger partial charge in [-0.2, -0.15) is 0 Å². The van der Waals surface area contributed by atoms with Crippen LogP contribution in [0, 0.1) is 12.8 Å². The molecule has 4 nitrogen and oxygen atoms in total. The third-order valence-corrected chi connectivity index (χ3v) is 4.01. The van der Waals surface area contributed by atoms with E-state index in [4.69, 9.17) is 16.6 Å². The molecular formula is C16H25ClN4. The largest absolute Gasteiger partial charge is 0.308 e. The first-order valence-electron chi connectivity index (χ1n) is 7.48. The zero-order chi connectivity index (χ0) is 15.6. The standard InChI is InChI=1S/C16H25ClN4/c1-11(2)13(10-20(4)5)21-14(6-8-17)19-15-12(3)7-9-18-16(15)21/h7,9,11,13H,6,8,10H2,1-5H3. The molecule has 0 aromatic carbocycles. The molecule has 1 atom stereocenters. The Hall–Kier alpha value is -1.13. The molecule has 21 heavy (non-hydrogen) atoms. The van der Waals surface area contributed by atoms with Crippen molar-refractivity contribution in [2.75, 3.05) is 26.5 Å². The van der Waals surface area contributed by atoms with Crippen LogP contribution in [0.5, 0.6) is 0 Å². The number of alkyl halides is 1. The summed E-state index contributed by atoms with van der Waals surface area (Å²) < 4.78 is 2.30. The topological polar surface area (TPSA) is 34.0 Å². The predicted molar refractivity (Wildman–Crippen MR) is 89.1 cm³/mol. The summed E-state index contributed by atoms with van der Waals surface area (Å²) in [6, 6.07) is 2.36. The number of aromatic nitrogens is 3. The molecule has 5 heteroatoms. The molecule has 0 bridgehead atoms. The van der Waals surface area contributed by atoms with Crippen LogP contribution in [-0.2, 0) is 6.42 Å². The minimum Gasteiger partial charge on any atom is -0.308 e. The molecule has 0 saturated heterocycles. The summed E-state index contributed by atoms with van der Waals surface area (Å²) in [7, 11) is 4.21. The van der Waals surface area contributed by atoms with Gasteiger partial charge in [0.1, 0.15) is 11.3 Å². The number of aryl methyl sites for hydroxylation is 2. The number of halogens is 1. The van der Waals surface area contributed by atoms with E-state index >= 15 is 0 Å². The summed E-state index contributed by atoms with van der Waals surface area (Å²) >= 11 is 5.98. The molecule has 2 heterocycles. The zero-order valence-electron chi connectivity index (χ0n) is 13.6. The Morgan fingerprint density at radius 3 is 2.62 bits per heavy atom. The maximum atomic E-state index is 5.98. The molecule has 0 saturated carbocycles. The Labute approximate surface area is 132 Å². The summed E-state index contributed by atoms with van der Waals surface area (Å²) in [5.41, 5.74) is 3.15. The average Bonchev–Trinajstić information content (AvgIpc) is 2.76. The fraction of sp³-hybridized carbons (Fsp3) is 0.625. The van der Waals surface area contributed by atoms with Crippen LogP contribution in [0.2, 0.25) is 0 Å². The summed E-state index contributed by atoms with van der Waals surface area (Å²) in [5, 5.41) is 0. The number of rotatable bonds is 6. The minimum absolute atomic E-state index is 0.345. The average molecular weight is 309 g/mol. The summed E-state index contributed by atoms with van der Waals surface area (Å²) in [4.78, 5) is 11.6. The maximum Gasteiger partial charge on any atom is 0.160 e. The molecule has 0 N–H and O–H groups in total. The SMILES string of the molecule is Cc1ccnc2c1nc(CCCl)n2C(CN(C)C)C(C)C. The molecule has 0 amide bonds. The van der Waals surface area contributed by atoms with E-state index in [1.54, 1.807) is 0 Å². The fourth-order valence-corrected chi connectivity index (χ4v) is 2.90. The Bertz CT molecular complexity index is 604. The van der Waals surface area contributed by atoms with Crippen molar-refractivity contribution in [2.45, 2.75) is 33.2 Å². The molecule has 116 valence electrons. The van der Waals surface area contributed by atoms with Crippen LogP contribution in [0.1, 0.15) is 31.3 Å². The van der Waals surface area contributed by atoms with Crippen molar-refractivity contribution < 1.29 is 0 Å². The number of likely N-dealkylation sites (N-methyl/N-ethyl adjacent to an activating group) is 1. The highest BCUT2D eigenvalue weighted by Gasteiger charge is 2.23. The van der Waals surface area contributed by atoms with Crippen molar-refractivity contribution in [1.82, 2.24) is 19.4 Å². The number of fused-ring (bicyclic) bond motifs is 1. The van der Waals surface area contributed by atoms with E-state index in [0.29, 0.717) is 17.8 Å². The molecule has 2 aromatic heterocycles. The fourth-order valence-electron chi connectivity index (χ4n) is 2.73. The first-order chi connectivity index (χ1) is 9.95. The molecule has 0 fully saturated rings. The first kappa shape index (κ1) is 16.2. The first-order valence-corrected chi connectivity index (χ1v) is 8.02. The molecule has 0 spiro atoms. The molecule has 0 aliphatic rings. The Kier molecular flexibility index (Phi) is 5.22. The lowest BCUT2D eigenvalue weighted by Crippen LogP contribution is -2.29. The van der Waals surface area contributed by atoms with Gasteiger partial charge in [-0.25, -0.2) is 9.97 Å². The van der Waals surface area contributed by atoms with Crippen molar-refractivity contribution in [3.8, 4) is 0 Å². The highest BCUT2D eigenvalue weighted by molar-refractivity contribution is 6.17. The van der Waals surface area contributed by atoms with Gasteiger partial charge in [-0.05, 0) is 38.6 Å². The van der Waals surface area contributed by atoms with E-state index in [1.165, 1.54) is 5.56 Å². The number of hydrogen-bond donors (Lipinski definition) is 0. The van der Waals surface area contributed by atoms with Crippen molar-refractivity contribution in [2.24, 2.45) is 5.92 Å². The highest BCUT2D eigenvalue weighted by Crippen LogP contribution is 2.27. The van der Waals surface area contributed by atoms with Gasteiger partial charge in [0.05, 0.1) is 6.04 Å². The highest BCUT2D eigenvalue weighted by atomic mass is 35.5. The molecule has 0 aliphatic heterocycles. The van der Waals surface area contributed by atoms with Gasteiger partial charge in [0.2, 0.25) is 0 Å². The van der Waals surface area contributed by atoms with Gasteiger partial charge in [-0.3, -0.25) is 0 Å². The summed E-state index contributed by atoms with van der Waals surface area (Å²) in [6.07, 6.45) is 2.64. The Morgan fingerprint density at radius 2 is 2.05 bits per heavy atom. The van der Waals surface area contributed by atoms with Gasteiger partial charge >= 0.3 is 0 Å². The third-order valence-electron chi connectivity index (χ3n) is 3.83. The maximum absolute atomic E-state index is 5.98. The van der Waals surface area contributed by atoms with E-state index in [2.05, 4.69) is 49.3 Å².